The predicted octanol–water partition coefficient (Wildman–Crippen LogP) is 11.7. The highest BCUT2D eigenvalue weighted by atomic mass is 14.6. The maximum absolute atomic E-state index is 2.63. The van der Waals surface area contributed by atoms with Crippen molar-refractivity contribution >= 4 is 0 Å². The van der Waals surface area contributed by atoms with Crippen LogP contribution in [0.5, 0.6) is 0 Å². The van der Waals surface area contributed by atoms with E-state index in [0.717, 1.165) is 19.3 Å². The Morgan fingerprint density at radius 2 is 0.841 bits per heavy atom. The summed E-state index contributed by atoms with van der Waals surface area (Å²) in [5, 5.41) is 0. The van der Waals surface area contributed by atoms with Crippen molar-refractivity contribution in [1.29, 1.82) is 0 Å². The Morgan fingerprint density at radius 3 is 1.25 bits per heavy atom. The van der Waals surface area contributed by atoms with Gasteiger partial charge in [0, 0.05) is 5.41 Å². The van der Waals surface area contributed by atoms with Gasteiger partial charge < -0.3 is 0 Å². The molecule has 0 N–H and O–H groups in total. The number of hydrogen-bond acceptors (Lipinski definition) is 0. The molecule has 0 atom stereocenters. The molecule has 0 heteroatoms. The van der Waals surface area contributed by atoms with E-state index in [-0.39, 0.29) is 27.1 Å². The quantitative estimate of drug-likeness (QED) is 0.193. The zero-order valence-corrected chi connectivity index (χ0v) is 29.7. The molecule has 0 aliphatic heterocycles. The van der Waals surface area contributed by atoms with E-state index in [0.29, 0.717) is 0 Å². The van der Waals surface area contributed by atoms with Crippen LogP contribution in [0.1, 0.15) is 139 Å². The number of hydrogen-bond donors (Lipinski definition) is 0. The summed E-state index contributed by atoms with van der Waals surface area (Å²) < 4.78 is 0. The average molecular weight is 585 g/mol. The largest absolute Gasteiger partial charge is 0.0617 e. The summed E-state index contributed by atoms with van der Waals surface area (Å²) in [6.07, 6.45) is 2.82. The molecule has 0 saturated carbocycles. The number of rotatable bonds is 0. The minimum Gasteiger partial charge on any atom is -0.0617 e. The van der Waals surface area contributed by atoms with Crippen molar-refractivity contribution in [2.24, 2.45) is 10.8 Å². The first-order chi connectivity index (χ1) is 20.3. The second-order valence-corrected chi connectivity index (χ2v) is 17.7. The molecule has 5 rings (SSSR count). The van der Waals surface area contributed by atoms with Crippen molar-refractivity contribution in [2.45, 2.75) is 119 Å². The highest BCUT2D eigenvalue weighted by molar-refractivity contribution is 5.57. The first kappa shape index (κ1) is 32.3. The first-order valence-corrected chi connectivity index (χ1v) is 16.7. The van der Waals surface area contributed by atoms with Gasteiger partial charge in [0.05, 0.1) is 0 Å². The molecule has 0 saturated heterocycles. The summed E-state index contributed by atoms with van der Waals surface area (Å²) in [4.78, 5) is 0. The van der Waals surface area contributed by atoms with Gasteiger partial charge in [-0.15, -0.1) is 0 Å². The molecule has 8 bridgehead atoms. The fourth-order valence-electron chi connectivity index (χ4n) is 8.77. The molecule has 232 valence electrons. The molecule has 0 radical (unpaired) electrons. The number of benzene rings is 4. The van der Waals surface area contributed by atoms with Crippen molar-refractivity contribution < 1.29 is 0 Å². The van der Waals surface area contributed by atoms with Crippen molar-refractivity contribution in [2.75, 3.05) is 0 Å². The van der Waals surface area contributed by atoms with Crippen LogP contribution in [0.4, 0.5) is 0 Å². The van der Waals surface area contributed by atoms with Gasteiger partial charge in [0.1, 0.15) is 0 Å². The third-order valence-corrected chi connectivity index (χ3v) is 9.98. The van der Waals surface area contributed by atoms with Gasteiger partial charge in [0.25, 0.3) is 0 Å². The van der Waals surface area contributed by atoms with Crippen molar-refractivity contribution in [3.63, 3.8) is 0 Å². The van der Waals surface area contributed by atoms with E-state index in [9.17, 15) is 0 Å². The van der Waals surface area contributed by atoms with E-state index in [4.69, 9.17) is 0 Å². The molecule has 4 aromatic rings. The highest BCUT2D eigenvalue weighted by Crippen LogP contribution is 2.60. The normalized spacial score (nSPS) is 15.6. The Bertz CT molecular complexity index is 1640. The Labute approximate surface area is 269 Å². The van der Waals surface area contributed by atoms with Crippen LogP contribution < -0.4 is 0 Å². The molecule has 0 unspecified atom stereocenters. The zero-order valence-electron chi connectivity index (χ0n) is 29.7. The van der Waals surface area contributed by atoms with E-state index in [1.165, 1.54) is 55.6 Å². The lowest BCUT2D eigenvalue weighted by Gasteiger charge is -2.57. The molecule has 0 aromatic heterocycles. The van der Waals surface area contributed by atoms with Gasteiger partial charge in [-0.05, 0) is 96.6 Å². The van der Waals surface area contributed by atoms with Gasteiger partial charge in [0.2, 0.25) is 0 Å². The molecule has 44 heavy (non-hydrogen) atoms. The molecule has 0 amide bonds. The fraction of sp³-hybridized carbons (Fsp3) is 0.455. The molecule has 4 aromatic carbocycles. The summed E-state index contributed by atoms with van der Waals surface area (Å²) in [5.74, 6) is 0. The van der Waals surface area contributed by atoms with E-state index in [2.05, 4.69) is 168 Å². The fourth-order valence-corrected chi connectivity index (χ4v) is 8.77. The van der Waals surface area contributed by atoms with Gasteiger partial charge >= 0.3 is 0 Å². The maximum atomic E-state index is 2.63. The van der Waals surface area contributed by atoms with Crippen LogP contribution in [-0.2, 0) is 35.5 Å². The summed E-state index contributed by atoms with van der Waals surface area (Å²) in [6, 6.07) is 33.4. The standard InChI is InChI=1S/C44H56/c1-40(2,3)37-28-35-26-33-19-14-17-31(24-33)22-30-16-13-18-32(23-30)25-34-20-15-21-36(27-34)44(42(7,8)9,43(10,11)12)38(29-35)39(37)41(4,5)6/h13-21,23-24,27-29H,22,25-26H2,1-12H3. The summed E-state index contributed by atoms with van der Waals surface area (Å²) in [7, 11) is 0. The minimum absolute atomic E-state index is 0.00212. The van der Waals surface area contributed by atoms with E-state index >= 15 is 0 Å². The van der Waals surface area contributed by atoms with Crippen molar-refractivity contribution in [1.82, 2.24) is 0 Å². The minimum atomic E-state index is -0.255. The Morgan fingerprint density at radius 1 is 0.432 bits per heavy atom. The third kappa shape index (κ3) is 5.94. The lowest BCUT2D eigenvalue weighted by Crippen LogP contribution is -2.52. The van der Waals surface area contributed by atoms with Crippen LogP contribution in [0, 0.1) is 10.8 Å². The predicted molar refractivity (Wildman–Crippen MR) is 191 cm³/mol. The lowest BCUT2D eigenvalue weighted by atomic mass is 9.46. The summed E-state index contributed by atoms with van der Waals surface area (Å²) in [6.45, 7) is 29.4. The van der Waals surface area contributed by atoms with Gasteiger partial charge in [-0.2, -0.15) is 0 Å². The van der Waals surface area contributed by atoms with Crippen LogP contribution in [0.25, 0.3) is 0 Å². The SMILES string of the molecule is CC(C)(C)c1cc2cc(c1C(C)(C)C)C(C(C)(C)C)(C(C)(C)C)c1cccc(c1)Cc1cccc(c1)Cc1cccc(c1)C2. The molecule has 0 nitrogen and oxygen atoms in total. The van der Waals surface area contributed by atoms with Crippen molar-refractivity contribution in [3.8, 4) is 0 Å². The molecule has 1 aliphatic rings. The lowest BCUT2D eigenvalue weighted by molar-refractivity contribution is 0.0885. The van der Waals surface area contributed by atoms with Gasteiger partial charge in [0.15, 0.2) is 0 Å². The molecule has 0 heterocycles. The van der Waals surface area contributed by atoms with Gasteiger partial charge in [-0.3, -0.25) is 0 Å². The maximum Gasteiger partial charge on any atom is 0.0302 e. The third-order valence-electron chi connectivity index (χ3n) is 9.98. The highest BCUT2D eigenvalue weighted by Gasteiger charge is 2.55. The van der Waals surface area contributed by atoms with Gasteiger partial charge in [-0.1, -0.05) is 168 Å². The van der Waals surface area contributed by atoms with Crippen LogP contribution >= 0.6 is 0 Å². The second-order valence-electron chi connectivity index (χ2n) is 17.7. The van der Waals surface area contributed by atoms with Crippen LogP contribution in [0.15, 0.2) is 84.9 Å². The van der Waals surface area contributed by atoms with Gasteiger partial charge in [-0.25, -0.2) is 0 Å². The van der Waals surface area contributed by atoms with Crippen LogP contribution in [-0.4, -0.2) is 0 Å². The van der Waals surface area contributed by atoms with Crippen LogP contribution in [0.3, 0.4) is 0 Å². The smallest absolute Gasteiger partial charge is 0.0302 e. The topological polar surface area (TPSA) is 0 Å². The summed E-state index contributed by atoms with van der Waals surface area (Å²) >= 11 is 0. The zero-order chi connectivity index (χ0) is 32.3. The Balaban J connectivity index is 1.98. The van der Waals surface area contributed by atoms with E-state index in [1.54, 1.807) is 0 Å². The Kier molecular flexibility index (Phi) is 8.10. The monoisotopic (exact) mass is 584 g/mol. The molecule has 0 fully saturated rings. The molecule has 1 aliphatic carbocycles. The summed E-state index contributed by atoms with van der Waals surface area (Å²) in [5.41, 5.74) is 13.9. The average Bonchev–Trinajstić information content (AvgIpc) is 2.86. The van der Waals surface area contributed by atoms with Crippen LogP contribution in [0.2, 0.25) is 0 Å². The number of fused-ring (bicyclic) bond motifs is 8. The van der Waals surface area contributed by atoms with Crippen molar-refractivity contribution in [3.05, 3.63) is 141 Å². The first-order valence-electron chi connectivity index (χ1n) is 16.7. The molecular formula is C44H56. The second kappa shape index (κ2) is 11.0. The molecular weight excluding hydrogens is 528 g/mol. The van der Waals surface area contributed by atoms with E-state index < -0.39 is 0 Å². The Hall–Kier alpha value is -3.12. The molecule has 0 spiro atoms. The van der Waals surface area contributed by atoms with E-state index in [1.807, 2.05) is 0 Å².